The monoisotopic (exact) mass is 285 g/mol. The molecular formula is C16H19N3O2. The Labute approximate surface area is 124 Å². The first-order valence-corrected chi connectivity index (χ1v) is 6.74. The minimum absolute atomic E-state index is 0.169. The number of nitrogens with one attached hydrogen (secondary N) is 1. The maximum Gasteiger partial charge on any atom is 0.237 e. The van der Waals surface area contributed by atoms with Crippen molar-refractivity contribution in [2.75, 3.05) is 12.4 Å². The Hall–Kier alpha value is -2.40. The van der Waals surface area contributed by atoms with E-state index in [1.54, 1.807) is 25.3 Å². The largest absolute Gasteiger partial charge is 0.480 e. The Morgan fingerprint density at radius 2 is 1.95 bits per heavy atom. The van der Waals surface area contributed by atoms with Gasteiger partial charge in [0.2, 0.25) is 11.8 Å². The second kappa shape index (κ2) is 6.85. The SMILES string of the molecule is COc1ncccc1NC(=O)C(C)C(N)c1ccccc1. The number of benzene rings is 1. The fourth-order valence-electron chi connectivity index (χ4n) is 2.02. The van der Waals surface area contributed by atoms with Crippen LogP contribution in [-0.2, 0) is 4.79 Å². The van der Waals surface area contributed by atoms with Gasteiger partial charge in [-0.25, -0.2) is 4.98 Å². The highest BCUT2D eigenvalue weighted by Crippen LogP contribution is 2.24. The minimum atomic E-state index is -0.377. The molecule has 1 amide bonds. The van der Waals surface area contributed by atoms with Crippen LogP contribution in [0.25, 0.3) is 0 Å². The molecule has 0 saturated carbocycles. The van der Waals surface area contributed by atoms with E-state index < -0.39 is 0 Å². The molecule has 2 unspecified atom stereocenters. The number of hydrogen-bond acceptors (Lipinski definition) is 4. The first kappa shape index (κ1) is 15.0. The molecular weight excluding hydrogens is 266 g/mol. The molecule has 0 saturated heterocycles. The van der Waals surface area contributed by atoms with Crippen LogP contribution in [0.2, 0.25) is 0 Å². The minimum Gasteiger partial charge on any atom is -0.480 e. The number of ether oxygens (including phenoxy) is 1. The van der Waals surface area contributed by atoms with Crippen molar-refractivity contribution in [3.05, 3.63) is 54.2 Å². The average Bonchev–Trinajstić information content (AvgIpc) is 2.54. The van der Waals surface area contributed by atoms with Crippen LogP contribution in [0.4, 0.5) is 5.69 Å². The predicted octanol–water partition coefficient (Wildman–Crippen LogP) is 2.36. The average molecular weight is 285 g/mol. The summed E-state index contributed by atoms with van der Waals surface area (Å²) in [4.78, 5) is 16.4. The molecule has 5 nitrogen and oxygen atoms in total. The lowest BCUT2D eigenvalue weighted by Crippen LogP contribution is -2.30. The molecule has 0 aliphatic heterocycles. The molecule has 1 heterocycles. The van der Waals surface area contributed by atoms with E-state index in [-0.39, 0.29) is 17.9 Å². The standard InChI is InChI=1S/C16H19N3O2/c1-11(14(17)12-7-4-3-5-8-12)15(20)19-13-9-6-10-18-16(13)21-2/h3-11,14H,17H2,1-2H3,(H,19,20). The van der Waals surface area contributed by atoms with Gasteiger partial charge in [0.25, 0.3) is 0 Å². The van der Waals surface area contributed by atoms with Crippen molar-refractivity contribution in [2.24, 2.45) is 11.7 Å². The molecule has 0 radical (unpaired) electrons. The lowest BCUT2D eigenvalue weighted by molar-refractivity contribution is -0.120. The van der Waals surface area contributed by atoms with E-state index in [2.05, 4.69) is 10.3 Å². The highest BCUT2D eigenvalue weighted by atomic mass is 16.5. The van der Waals surface area contributed by atoms with Crippen LogP contribution in [0.5, 0.6) is 5.88 Å². The highest BCUT2D eigenvalue weighted by molar-refractivity contribution is 5.93. The normalized spacial score (nSPS) is 13.3. The summed E-state index contributed by atoms with van der Waals surface area (Å²) >= 11 is 0. The van der Waals surface area contributed by atoms with Crippen molar-refractivity contribution in [1.29, 1.82) is 0 Å². The number of nitrogens with two attached hydrogens (primary N) is 1. The van der Waals surface area contributed by atoms with Crippen molar-refractivity contribution >= 4 is 11.6 Å². The maximum absolute atomic E-state index is 12.3. The van der Waals surface area contributed by atoms with E-state index in [1.165, 1.54) is 7.11 Å². The van der Waals surface area contributed by atoms with Crippen LogP contribution in [0.3, 0.4) is 0 Å². The number of anilines is 1. The van der Waals surface area contributed by atoms with E-state index in [0.29, 0.717) is 11.6 Å². The zero-order chi connectivity index (χ0) is 15.2. The lowest BCUT2D eigenvalue weighted by atomic mass is 9.94. The fourth-order valence-corrected chi connectivity index (χ4v) is 2.02. The summed E-state index contributed by atoms with van der Waals surface area (Å²) in [6.07, 6.45) is 1.60. The second-order valence-electron chi connectivity index (χ2n) is 4.77. The number of aromatic nitrogens is 1. The maximum atomic E-state index is 12.3. The first-order valence-electron chi connectivity index (χ1n) is 6.74. The summed E-state index contributed by atoms with van der Waals surface area (Å²) in [5.74, 6) is -0.165. The Balaban J connectivity index is 2.09. The van der Waals surface area contributed by atoms with E-state index in [0.717, 1.165) is 5.56 Å². The first-order chi connectivity index (χ1) is 10.1. The molecule has 0 bridgehead atoms. The Kier molecular flexibility index (Phi) is 4.90. The summed E-state index contributed by atoms with van der Waals surface area (Å²) in [5.41, 5.74) is 7.62. The van der Waals surface area contributed by atoms with Crippen molar-refractivity contribution in [1.82, 2.24) is 4.98 Å². The van der Waals surface area contributed by atoms with Crippen LogP contribution in [0.15, 0.2) is 48.7 Å². The smallest absolute Gasteiger partial charge is 0.237 e. The number of carbonyl (C=O) groups excluding carboxylic acids is 1. The number of pyridine rings is 1. The van der Waals surface area contributed by atoms with E-state index >= 15 is 0 Å². The third-order valence-electron chi connectivity index (χ3n) is 3.36. The van der Waals surface area contributed by atoms with E-state index in [1.807, 2.05) is 30.3 Å². The number of nitrogens with zero attached hydrogens (tertiary/aromatic N) is 1. The summed E-state index contributed by atoms with van der Waals surface area (Å²) in [6, 6.07) is 12.7. The number of amides is 1. The van der Waals surface area contributed by atoms with Gasteiger partial charge in [0, 0.05) is 12.2 Å². The molecule has 0 aliphatic carbocycles. The van der Waals surface area contributed by atoms with Crippen LogP contribution in [0.1, 0.15) is 18.5 Å². The summed E-state index contributed by atoms with van der Waals surface area (Å²) in [7, 11) is 1.51. The van der Waals surface area contributed by atoms with Gasteiger partial charge in [-0.1, -0.05) is 37.3 Å². The molecule has 5 heteroatoms. The fraction of sp³-hybridized carbons (Fsp3) is 0.250. The predicted molar refractivity (Wildman–Crippen MR) is 82.0 cm³/mol. The molecule has 0 spiro atoms. The van der Waals surface area contributed by atoms with Gasteiger partial charge in [-0.2, -0.15) is 0 Å². The molecule has 2 rings (SSSR count). The van der Waals surface area contributed by atoms with Gasteiger partial charge in [-0.05, 0) is 17.7 Å². The molecule has 110 valence electrons. The van der Waals surface area contributed by atoms with Gasteiger partial charge in [0.05, 0.1) is 13.0 Å². The summed E-state index contributed by atoms with van der Waals surface area (Å²) < 4.78 is 5.11. The Morgan fingerprint density at radius 1 is 1.24 bits per heavy atom. The van der Waals surface area contributed by atoms with Crippen LogP contribution in [0, 0.1) is 5.92 Å². The van der Waals surface area contributed by atoms with Gasteiger partial charge in [0.1, 0.15) is 5.69 Å². The van der Waals surface area contributed by atoms with Crippen LogP contribution in [-0.4, -0.2) is 18.0 Å². The van der Waals surface area contributed by atoms with Crippen LogP contribution < -0.4 is 15.8 Å². The third-order valence-corrected chi connectivity index (χ3v) is 3.36. The lowest BCUT2D eigenvalue weighted by Gasteiger charge is -2.20. The quantitative estimate of drug-likeness (QED) is 0.884. The number of hydrogen-bond donors (Lipinski definition) is 2. The molecule has 0 fully saturated rings. The molecule has 21 heavy (non-hydrogen) atoms. The van der Waals surface area contributed by atoms with Gasteiger partial charge >= 0.3 is 0 Å². The zero-order valence-corrected chi connectivity index (χ0v) is 12.1. The van der Waals surface area contributed by atoms with Gasteiger partial charge in [-0.3, -0.25) is 4.79 Å². The molecule has 2 atom stereocenters. The van der Waals surface area contributed by atoms with Crippen molar-refractivity contribution in [2.45, 2.75) is 13.0 Å². The summed E-state index contributed by atoms with van der Waals surface area (Å²) in [6.45, 7) is 1.80. The van der Waals surface area contributed by atoms with Gasteiger partial charge < -0.3 is 15.8 Å². The number of methoxy groups -OCH3 is 1. The highest BCUT2D eigenvalue weighted by Gasteiger charge is 2.23. The topological polar surface area (TPSA) is 77.2 Å². The third kappa shape index (κ3) is 3.58. The van der Waals surface area contributed by atoms with Crippen molar-refractivity contribution < 1.29 is 9.53 Å². The summed E-state index contributed by atoms with van der Waals surface area (Å²) in [5, 5.41) is 2.81. The molecule has 1 aromatic heterocycles. The van der Waals surface area contributed by atoms with Crippen molar-refractivity contribution in [3.63, 3.8) is 0 Å². The van der Waals surface area contributed by atoms with E-state index in [4.69, 9.17) is 10.5 Å². The van der Waals surface area contributed by atoms with Crippen molar-refractivity contribution in [3.8, 4) is 5.88 Å². The number of rotatable bonds is 5. The molecule has 1 aromatic carbocycles. The van der Waals surface area contributed by atoms with E-state index in [9.17, 15) is 4.79 Å². The second-order valence-corrected chi connectivity index (χ2v) is 4.77. The molecule has 3 N–H and O–H groups in total. The van der Waals surface area contributed by atoms with Crippen LogP contribution >= 0.6 is 0 Å². The van der Waals surface area contributed by atoms with Gasteiger partial charge in [-0.15, -0.1) is 0 Å². The Morgan fingerprint density at radius 3 is 2.62 bits per heavy atom. The zero-order valence-electron chi connectivity index (χ0n) is 12.1. The number of carbonyl (C=O) groups is 1. The molecule has 0 aliphatic rings. The van der Waals surface area contributed by atoms with Gasteiger partial charge in [0.15, 0.2) is 0 Å². The molecule has 2 aromatic rings. The Bertz CT molecular complexity index is 601.